The van der Waals surface area contributed by atoms with E-state index in [0.717, 1.165) is 5.56 Å². The molecule has 0 saturated heterocycles. The summed E-state index contributed by atoms with van der Waals surface area (Å²) >= 11 is 0. The van der Waals surface area contributed by atoms with E-state index in [0.29, 0.717) is 59.2 Å². The van der Waals surface area contributed by atoms with Gasteiger partial charge < -0.3 is 35.1 Å². The Morgan fingerprint density at radius 1 is 0.976 bits per heavy atom. The number of carbonyl (C=O) groups is 2. The van der Waals surface area contributed by atoms with Crippen LogP contribution in [0.5, 0.6) is 17.2 Å². The van der Waals surface area contributed by atoms with Crippen molar-refractivity contribution in [3.05, 3.63) is 89.1 Å². The summed E-state index contributed by atoms with van der Waals surface area (Å²) in [5.41, 5.74) is 7.69. The molecule has 0 fully saturated rings. The SMILES string of the molecule is COc1cc(OCCOCc2ccccc2)cc(C(=O)NC(C)(C)COc2cccc3nc(C)c(C(=O)O)c(N)c23)c1. The summed E-state index contributed by atoms with van der Waals surface area (Å²) in [5, 5.41) is 13.0. The second-order valence-corrected chi connectivity index (χ2v) is 10.4. The minimum absolute atomic E-state index is 0.0649. The maximum absolute atomic E-state index is 13.3. The molecule has 1 amide bonds. The van der Waals surface area contributed by atoms with E-state index < -0.39 is 11.5 Å². The molecule has 220 valence electrons. The monoisotopic (exact) mass is 573 g/mol. The average Bonchev–Trinajstić information content (AvgIpc) is 2.95. The van der Waals surface area contributed by atoms with Gasteiger partial charge in [-0.3, -0.25) is 9.78 Å². The van der Waals surface area contributed by atoms with Crippen LogP contribution < -0.4 is 25.3 Å². The van der Waals surface area contributed by atoms with Crippen molar-refractivity contribution < 1.29 is 33.6 Å². The minimum atomic E-state index is -1.16. The van der Waals surface area contributed by atoms with Gasteiger partial charge in [-0.25, -0.2) is 4.79 Å². The predicted molar refractivity (Wildman–Crippen MR) is 159 cm³/mol. The third-order valence-electron chi connectivity index (χ3n) is 6.43. The van der Waals surface area contributed by atoms with Gasteiger partial charge in [0.1, 0.15) is 36.0 Å². The second kappa shape index (κ2) is 13.2. The van der Waals surface area contributed by atoms with Crippen LogP contribution in [-0.2, 0) is 11.3 Å². The fraction of sp³-hybridized carbons (Fsp3) is 0.281. The van der Waals surface area contributed by atoms with Crippen LogP contribution >= 0.6 is 0 Å². The first-order chi connectivity index (χ1) is 20.1. The number of ether oxygens (including phenoxy) is 4. The fourth-order valence-corrected chi connectivity index (χ4v) is 4.39. The first-order valence-electron chi connectivity index (χ1n) is 13.4. The minimum Gasteiger partial charge on any atom is -0.497 e. The van der Waals surface area contributed by atoms with E-state index in [1.54, 1.807) is 43.3 Å². The zero-order valence-electron chi connectivity index (χ0n) is 24.1. The lowest BCUT2D eigenvalue weighted by Crippen LogP contribution is -2.47. The molecule has 1 aromatic heterocycles. The Bertz CT molecular complexity index is 1570. The number of carboxylic acid groups (broad SMARTS) is 1. The molecule has 0 aliphatic heterocycles. The predicted octanol–water partition coefficient (Wildman–Crippen LogP) is 5.02. The van der Waals surface area contributed by atoms with Crippen molar-refractivity contribution in [3.8, 4) is 17.2 Å². The van der Waals surface area contributed by atoms with Gasteiger partial charge in [-0.2, -0.15) is 0 Å². The van der Waals surface area contributed by atoms with E-state index in [9.17, 15) is 14.7 Å². The highest BCUT2D eigenvalue weighted by Crippen LogP contribution is 2.34. The number of hydrogen-bond donors (Lipinski definition) is 3. The average molecular weight is 574 g/mol. The lowest BCUT2D eigenvalue weighted by Gasteiger charge is -2.27. The number of benzene rings is 3. The number of fused-ring (bicyclic) bond motifs is 1. The fourth-order valence-electron chi connectivity index (χ4n) is 4.39. The Morgan fingerprint density at radius 3 is 2.43 bits per heavy atom. The molecule has 0 saturated carbocycles. The molecule has 0 bridgehead atoms. The summed E-state index contributed by atoms with van der Waals surface area (Å²) in [6, 6.07) is 20.0. The Balaban J connectivity index is 1.40. The number of aromatic nitrogens is 1. The highest BCUT2D eigenvalue weighted by molar-refractivity contribution is 6.06. The Morgan fingerprint density at radius 2 is 1.71 bits per heavy atom. The largest absolute Gasteiger partial charge is 0.497 e. The van der Waals surface area contributed by atoms with Crippen LogP contribution in [0, 0.1) is 6.92 Å². The molecule has 1 heterocycles. The molecule has 10 nitrogen and oxygen atoms in total. The molecule has 0 spiro atoms. The van der Waals surface area contributed by atoms with Gasteiger partial charge in [-0.1, -0.05) is 36.4 Å². The number of amides is 1. The van der Waals surface area contributed by atoms with Gasteiger partial charge in [0.15, 0.2) is 0 Å². The number of nitrogens with one attached hydrogen (secondary N) is 1. The molecule has 0 atom stereocenters. The third kappa shape index (κ3) is 7.46. The van der Waals surface area contributed by atoms with Crippen LogP contribution in [0.2, 0.25) is 0 Å². The number of methoxy groups -OCH3 is 1. The van der Waals surface area contributed by atoms with Crippen molar-refractivity contribution in [2.24, 2.45) is 0 Å². The number of aromatic carboxylic acids is 1. The van der Waals surface area contributed by atoms with E-state index >= 15 is 0 Å². The van der Waals surface area contributed by atoms with Crippen LogP contribution in [0.1, 0.15) is 45.8 Å². The van der Waals surface area contributed by atoms with Crippen LogP contribution in [0.25, 0.3) is 10.9 Å². The molecule has 10 heteroatoms. The van der Waals surface area contributed by atoms with Crippen LogP contribution in [-0.4, -0.2) is 54.4 Å². The number of carboxylic acids is 1. The van der Waals surface area contributed by atoms with E-state index in [4.69, 9.17) is 24.7 Å². The number of nitrogens with two attached hydrogens (primary N) is 1. The molecule has 0 aliphatic carbocycles. The first-order valence-corrected chi connectivity index (χ1v) is 13.4. The summed E-state index contributed by atoms with van der Waals surface area (Å²) in [6.45, 7) is 6.44. The van der Waals surface area contributed by atoms with Gasteiger partial charge in [-0.15, -0.1) is 0 Å². The van der Waals surface area contributed by atoms with Gasteiger partial charge in [0.05, 0.1) is 48.1 Å². The van der Waals surface area contributed by atoms with E-state index in [1.165, 1.54) is 7.11 Å². The van der Waals surface area contributed by atoms with E-state index in [-0.39, 0.29) is 23.8 Å². The highest BCUT2D eigenvalue weighted by atomic mass is 16.5. The van der Waals surface area contributed by atoms with Crippen molar-refractivity contribution in [1.29, 1.82) is 0 Å². The molecule has 0 radical (unpaired) electrons. The number of hydrogen-bond acceptors (Lipinski definition) is 8. The molecule has 4 rings (SSSR count). The van der Waals surface area contributed by atoms with Gasteiger partial charge in [0.2, 0.25) is 0 Å². The van der Waals surface area contributed by atoms with E-state index in [2.05, 4.69) is 10.3 Å². The van der Waals surface area contributed by atoms with Crippen molar-refractivity contribution >= 4 is 28.5 Å². The maximum Gasteiger partial charge on any atom is 0.339 e. The van der Waals surface area contributed by atoms with E-state index in [1.807, 2.05) is 44.2 Å². The van der Waals surface area contributed by atoms with Gasteiger partial charge in [-0.05, 0) is 50.6 Å². The number of anilines is 1. The van der Waals surface area contributed by atoms with Crippen molar-refractivity contribution in [2.45, 2.75) is 32.9 Å². The first kappa shape index (κ1) is 30.1. The normalized spacial score (nSPS) is 11.2. The smallest absolute Gasteiger partial charge is 0.339 e. The Kier molecular flexibility index (Phi) is 9.49. The molecular formula is C32H35N3O7. The zero-order valence-corrected chi connectivity index (χ0v) is 24.1. The summed E-state index contributed by atoms with van der Waals surface area (Å²) in [4.78, 5) is 29.4. The maximum atomic E-state index is 13.3. The molecule has 0 aliphatic rings. The third-order valence-corrected chi connectivity index (χ3v) is 6.43. The van der Waals surface area contributed by atoms with Crippen molar-refractivity contribution in [3.63, 3.8) is 0 Å². The number of aryl methyl sites for hydroxylation is 1. The summed E-state index contributed by atoms with van der Waals surface area (Å²) in [6.07, 6.45) is 0. The lowest BCUT2D eigenvalue weighted by atomic mass is 10.0. The summed E-state index contributed by atoms with van der Waals surface area (Å²) < 4.78 is 22.9. The van der Waals surface area contributed by atoms with Crippen LogP contribution in [0.3, 0.4) is 0 Å². The van der Waals surface area contributed by atoms with Crippen molar-refractivity contribution in [1.82, 2.24) is 10.3 Å². The number of nitrogen functional groups attached to an aromatic ring is 1. The standard InChI is InChI=1S/C32H35N3O7/c1-20-27(31(37)38)29(33)28-25(34-20)11-8-12-26(28)42-19-32(2,3)35-30(36)22-15-23(39-4)17-24(16-22)41-14-13-40-18-21-9-6-5-7-10-21/h5-12,15-17H,13-14,18-19H2,1-4H3,(H2,33,34)(H,35,36)(H,37,38). The zero-order chi connectivity index (χ0) is 30.3. The lowest BCUT2D eigenvalue weighted by molar-refractivity contribution is 0.0696. The Labute approximate surface area is 244 Å². The van der Waals surface area contributed by atoms with Gasteiger partial charge >= 0.3 is 5.97 Å². The van der Waals surface area contributed by atoms with Crippen LogP contribution in [0.4, 0.5) is 5.69 Å². The highest BCUT2D eigenvalue weighted by Gasteiger charge is 2.25. The molecular weight excluding hydrogens is 538 g/mol. The summed E-state index contributed by atoms with van der Waals surface area (Å²) in [5.74, 6) is -0.201. The molecule has 4 N–H and O–H groups in total. The number of pyridine rings is 1. The Hall–Kier alpha value is -4.83. The van der Waals surface area contributed by atoms with Crippen LogP contribution in [0.15, 0.2) is 66.7 Å². The second-order valence-electron chi connectivity index (χ2n) is 10.4. The quantitative estimate of drug-likeness (QED) is 0.188. The molecule has 42 heavy (non-hydrogen) atoms. The van der Waals surface area contributed by atoms with Gasteiger partial charge in [0, 0.05) is 11.6 Å². The number of carbonyl (C=O) groups excluding carboxylic acids is 1. The molecule has 4 aromatic rings. The topological polar surface area (TPSA) is 142 Å². The molecule has 3 aromatic carbocycles. The number of nitrogens with zero attached hydrogens (tertiary/aromatic N) is 1. The number of rotatable bonds is 13. The summed E-state index contributed by atoms with van der Waals surface area (Å²) in [7, 11) is 1.52. The van der Waals surface area contributed by atoms with Gasteiger partial charge in [0.25, 0.3) is 5.91 Å². The molecule has 0 unspecified atom stereocenters. The van der Waals surface area contributed by atoms with Crippen molar-refractivity contribution in [2.75, 3.05) is 32.7 Å².